The van der Waals surface area contributed by atoms with Crippen LogP contribution in [0.2, 0.25) is 10.0 Å². The average Bonchev–Trinajstić information content (AvgIpc) is 2.45. The van der Waals surface area contributed by atoms with Gasteiger partial charge in [0.05, 0.1) is 10.0 Å². The molecule has 0 N–H and O–H groups in total. The predicted octanol–water partition coefficient (Wildman–Crippen LogP) is 5.02. The van der Waals surface area contributed by atoms with E-state index >= 15 is 0 Å². The van der Waals surface area contributed by atoms with Crippen LogP contribution in [0.25, 0.3) is 0 Å². The van der Waals surface area contributed by atoms with Gasteiger partial charge in [-0.25, -0.2) is 0 Å². The lowest BCUT2D eigenvalue weighted by atomic mass is 10.2. The molecular weight excluding hydrogens is 325 g/mol. The standard InChI is InChI=1S/C16H15Cl2NOS/c1-19(2)9-11-5-3-4-6-13(11)21-14-8-7-12(10-20)15(17)16(14)18/h3-8,10H,9H2,1-2H3. The van der Waals surface area contributed by atoms with E-state index in [4.69, 9.17) is 23.2 Å². The molecule has 0 aliphatic heterocycles. The number of aldehydes is 1. The van der Waals surface area contributed by atoms with Gasteiger partial charge in [-0.3, -0.25) is 4.79 Å². The summed E-state index contributed by atoms with van der Waals surface area (Å²) in [6, 6.07) is 11.7. The van der Waals surface area contributed by atoms with Crippen molar-refractivity contribution < 1.29 is 4.79 Å². The molecule has 0 amide bonds. The Kier molecular flexibility index (Phi) is 5.71. The Morgan fingerprint density at radius 1 is 1.05 bits per heavy atom. The Bertz CT molecular complexity index is 659. The van der Waals surface area contributed by atoms with Crippen molar-refractivity contribution in [3.63, 3.8) is 0 Å². The minimum Gasteiger partial charge on any atom is -0.305 e. The predicted molar refractivity (Wildman–Crippen MR) is 89.8 cm³/mol. The Morgan fingerprint density at radius 2 is 1.76 bits per heavy atom. The molecule has 0 aliphatic carbocycles. The van der Waals surface area contributed by atoms with Gasteiger partial charge in [-0.15, -0.1) is 0 Å². The summed E-state index contributed by atoms with van der Waals surface area (Å²) >= 11 is 13.9. The summed E-state index contributed by atoms with van der Waals surface area (Å²) in [4.78, 5) is 15.0. The fourth-order valence-electron chi connectivity index (χ4n) is 1.91. The summed E-state index contributed by atoms with van der Waals surface area (Å²) in [5.41, 5.74) is 1.63. The maximum Gasteiger partial charge on any atom is 0.151 e. The van der Waals surface area contributed by atoms with Crippen LogP contribution in [-0.4, -0.2) is 25.3 Å². The van der Waals surface area contributed by atoms with Crippen molar-refractivity contribution in [1.82, 2.24) is 4.90 Å². The summed E-state index contributed by atoms with van der Waals surface area (Å²) in [5, 5.41) is 0.729. The van der Waals surface area contributed by atoms with Gasteiger partial charge in [0.15, 0.2) is 6.29 Å². The van der Waals surface area contributed by atoms with Gasteiger partial charge in [-0.05, 0) is 37.9 Å². The van der Waals surface area contributed by atoms with Crippen molar-refractivity contribution in [2.24, 2.45) is 0 Å². The molecule has 2 nitrogen and oxygen atoms in total. The molecule has 0 saturated carbocycles. The van der Waals surface area contributed by atoms with Gasteiger partial charge in [0.2, 0.25) is 0 Å². The first kappa shape index (κ1) is 16.4. The second kappa shape index (κ2) is 7.32. The van der Waals surface area contributed by atoms with Crippen molar-refractivity contribution in [3.8, 4) is 0 Å². The molecule has 0 aromatic heterocycles. The first-order valence-electron chi connectivity index (χ1n) is 6.36. The van der Waals surface area contributed by atoms with Crippen LogP contribution in [-0.2, 0) is 6.54 Å². The topological polar surface area (TPSA) is 20.3 Å². The Morgan fingerprint density at radius 3 is 2.43 bits per heavy atom. The minimum atomic E-state index is 0.307. The summed E-state index contributed by atoms with van der Waals surface area (Å²) in [6.07, 6.45) is 0.711. The molecule has 0 fully saturated rings. The monoisotopic (exact) mass is 339 g/mol. The number of benzene rings is 2. The van der Waals surface area contributed by atoms with E-state index in [1.165, 1.54) is 5.56 Å². The van der Waals surface area contributed by atoms with Crippen molar-refractivity contribution in [3.05, 3.63) is 57.6 Å². The summed E-state index contributed by atoms with van der Waals surface area (Å²) in [6.45, 7) is 0.848. The van der Waals surface area contributed by atoms with Crippen LogP contribution in [0, 0.1) is 0 Å². The third kappa shape index (κ3) is 4.01. The highest BCUT2D eigenvalue weighted by Gasteiger charge is 2.12. The minimum absolute atomic E-state index is 0.307. The Labute approximate surface area is 139 Å². The number of rotatable bonds is 5. The van der Waals surface area contributed by atoms with E-state index in [0.29, 0.717) is 21.9 Å². The van der Waals surface area contributed by atoms with Crippen molar-refractivity contribution in [1.29, 1.82) is 0 Å². The van der Waals surface area contributed by atoms with E-state index in [2.05, 4.69) is 17.0 Å². The number of nitrogens with zero attached hydrogens (tertiary/aromatic N) is 1. The molecule has 2 rings (SSSR count). The Balaban J connectivity index is 2.35. The van der Waals surface area contributed by atoms with Crippen LogP contribution >= 0.6 is 35.0 Å². The quantitative estimate of drug-likeness (QED) is 0.713. The van der Waals surface area contributed by atoms with Gasteiger partial charge < -0.3 is 4.90 Å². The maximum absolute atomic E-state index is 10.9. The van der Waals surface area contributed by atoms with E-state index in [0.717, 1.165) is 16.3 Å². The highest BCUT2D eigenvalue weighted by atomic mass is 35.5. The highest BCUT2D eigenvalue weighted by Crippen LogP contribution is 2.39. The first-order chi connectivity index (χ1) is 10.0. The third-order valence-corrected chi connectivity index (χ3v) is 5.07. The summed E-state index contributed by atoms with van der Waals surface area (Å²) in [7, 11) is 4.06. The van der Waals surface area contributed by atoms with Crippen molar-refractivity contribution >= 4 is 41.2 Å². The number of hydrogen-bond acceptors (Lipinski definition) is 3. The number of hydrogen-bond donors (Lipinski definition) is 0. The van der Waals surface area contributed by atoms with E-state index in [-0.39, 0.29) is 0 Å². The van der Waals surface area contributed by atoms with Gasteiger partial charge in [0, 0.05) is 21.9 Å². The molecule has 0 unspecified atom stereocenters. The lowest BCUT2D eigenvalue weighted by molar-refractivity contribution is 0.112. The molecule has 21 heavy (non-hydrogen) atoms. The number of halogens is 2. The molecule has 0 aliphatic rings. The van der Waals surface area contributed by atoms with E-state index < -0.39 is 0 Å². The van der Waals surface area contributed by atoms with Gasteiger partial charge in [0.1, 0.15) is 0 Å². The molecule has 0 heterocycles. The number of carbonyl (C=O) groups excluding carboxylic acids is 1. The fraction of sp³-hybridized carbons (Fsp3) is 0.188. The zero-order valence-electron chi connectivity index (χ0n) is 11.8. The molecule has 0 saturated heterocycles. The van der Waals surface area contributed by atoms with Gasteiger partial charge in [-0.1, -0.05) is 53.2 Å². The maximum atomic E-state index is 10.9. The molecule has 2 aromatic rings. The fourth-order valence-corrected chi connectivity index (χ4v) is 3.44. The van der Waals surface area contributed by atoms with Crippen molar-refractivity contribution in [2.45, 2.75) is 16.3 Å². The lowest BCUT2D eigenvalue weighted by Gasteiger charge is -2.14. The van der Waals surface area contributed by atoms with Crippen LogP contribution < -0.4 is 0 Å². The van der Waals surface area contributed by atoms with Crippen LogP contribution in [0.3, 0.4) is 0 Å². The SMILES string of the molecule is CN(C)Cc1ccccc1Sc1ccc(C=O)c(Cl)c1Cl. The molecular formula is C16H15Cl2NOS. The van der Waals surface area contributed by atoms with E-state index in [1.807, 2.05) is 32.3 Å². The summed E-state index contributed by atoms with van der Waals surface area (Å²) in [5.74, 6) is 0. The molecule has 0 atom stereocenters. The zero-order valence-corrected chi connectivity index (χ0v) is 14.1. The molecule has 0 spiro atoms. The second-order valence-corrected chi connectivity index (χ2v) is 6.69. The van der Waals surface area contributed by atoms with Crippen LogP contribution in [0.1, 0.15) is 15.9 Å². The van der Waals surface area contributed by atoms with Gasteiger partial charge >= 0.3 is 0 Å². The second-order valence-electron chi connectivity index (χ2n) is 4.85. The molecule has 0 bridgehead atoms. The van der Waals surface area contributed by atoms with E-state index in [1.54, 1.807) is 17.8 Å². The van der Waals surface area contributed by atoms with Crippen LogP contribution in [0.5, 0.6) is 0 Å². The third-order valence-electron chi connectivity index (χ3n) is 2.88. The normalized spacial score (nSPS) is 10.9. The van der Waals surface area contributed by atoms with E-state index in [9.17, 15) is 4.79 Å². The Hall–Kier alpha value is -1.00. The number of carbonyl (C=O) groups is 1. The van der Waals surface area contributed by atoms with Crippen molar-refractivity contribution in [2.75, 3.05) is 14.1 Å². The molecule has 110 valence electrons. The highest BCUT2D eigenvalue weighted by molar-refractivity contribution is 7.99. The zero-order chi connectivity index (χ0) is 15.4. The lowest BCUT2D eigenvalue weighted by Crippen LogP contribution is -2.11. The van der Waals surface area contributed by atoms with Crippen LogP contribution in [0.15, 0.2) is 46.2 Å². The largest absolute Gasteiger partial charge is 0.305 e. The molecule has 0 radical (unpaired) electrons. The molecule has 5 heteroatoms. The van der Waals surface area contributed by atoms with Gasteiger partial charge in [0.25, 0.3) is 0 Å². The smallest absolute Gasteiger partial charge is 0.151 e. The first-order valence-corrected chi connectivity index (χ1v) is 7.94. The average molecular weight is 340 g/mol. The van der Waals surface area contributed by atoms with Gasteiger partial charge in [-0.2, -0.15) is 0 Å². The summed E-state index contributed by atoms with van der Waals surface area (Å²) < 4.78 is 0. The van der Waals surface area contributed by atoms with Crippen LogP contribution in [0.4, 0.5) is 0 Å². The molecule has 2 aromatic carbocycles.